The molecule has 6 heteroatoms. The second-order valence-electron chi connectivity index (χ2n) is 4.64. The molecule has 3 rings (SSSR count). The third-order valence-corrected chi connectivity index (χ3v) is 3.98. The Balaban J connectivity index is 2.16. The third-order valence-electron chi connectivity index (χ3n) is 3.37. The molecule has 0 fully saturated rings. The fraction of sp³-hybridized carbons (Fsp3) is 0.200. The maximum absolute atomic E-state index is 14.4. The zero-order valence-electron chi connectivity index (χ0n) is 11.4. The number of benzene rings is 1. The van der Waals surface area contributed by atoms with Crippen LogP contribution >= 0.6 is 15.9 Å². The molecule has 0 amide bonds. The van der Waals surface area contributed by atoms with Gasteiger partial charge in [0, 0.05) is 23.5 Å². The van der Waals surface area contributed by atoms with Crippen molar-refractivity contribution in [1.29, 1.82) is 0 Å². The Hall–Kier alpha value is -1.79. The van der Waals surface area contributed by atoms with Crippen LogP contribution in [0.1, 0.15) is 24.1 Å². The molecule has 0 radical (unpaired) electrons. The van der Waals surface area contributed by atoms with Crippen molar-refractivity contribution in [3.8, 4) is 0 Å². The standard InChI is InChI=1S/C15H14BrFN4/c1-2-19-15(10-4-3-5-12(16)14(10)17)11-8-20-21-7-6-18-9-13(11)21/h3-9,15,19H,2H2,1H3. The molecular formula is C15H14BrFN4. The number of nitrogens with one attached hydrogen (secondary N) is 1. The van der Waals surface area contributed by atoms with Crippen LogP contribution in [0.3, 0.4) is 0 Å². The average molecular weight is 349 g/mol. The van der Waals surface area contributed by atoms with Gasteiger partial charge in [-0.05, 0) is 28.5 Å². The van der Waals surface area contributed by atoms with E-state index in [0.29, 0.717) is 16.6 Å². The van der Waals surface area contributed by atoms with E-state index in [1.54, 1.807) is 41.4 Å². The number of rotatable bonds is 4. The van der Waals surface area contributed by atoms with Gasteiger partial charge in [-0.2, -0.15) is 5.10 Å². The smallest absolute Gasteiger partial charge is 0.142 e. The molecule has 0 aliphatic heterocycles. The minimum absolute atomic E-state index is 0.258. The molecule has 3 aromatic rings. The molecule has 0 saturated carbocycles. The van der Waals surface area contributed by atoms with Gasteiger partial charge in [-0.15, -0.1) is 0 Å². The lowest BCUT2D eigenvalue weighted by atomic mass is 9.99. The molecule has 1 aromatic carbocycles. The molecule has 21 heavy (non-hydrogen) atoms. The Morgan fingerprint density at radius 3 is 3.00 bits per heavy atom. The molecule has 108 valence electrons. The highest BCUT2D eigenvalue weighted by atomic mass is 79.9. The van der Waals surface area contributed by atoms with Gasteiger partial charge < -0.3 is 5.32 Å². The van der Waals surface area contributed by atoms with Gasteiger partial charge >= 0.3 is 0 Å². The van der Waals surface area contributed by atoms with Crippen LogP contribution in [0.4, 0.5) is 4.39 Å². The van der Waals surface area contributed by atoms with Crippen LogP contribution in [0.5, 0.6) is 0 Å². The Morgan fingerprint density at radius 2 is 2.19 bits per heavy atom. The van der Waals surface area contributed by atoms with E-state index in [1.165, 1.54) is 0 Å². The first-order valence-corrected chi connectivity index (χ1v) is 7.46. The van der Waals surface area contributed by atoms with Crippen molar-refractivity contribution in [3.05, 3.63) is 64.4 Å². The van der Waals surface area contributed by atoms with Crippen molar-refractivity contribution in [1.82, 2.24) is 19.9 Å². The number of halogens is 2. The Labute approximate surface area is 130 Å². The molecule has 0 saturated heterocycles. The molecule has 2 heterocycles. The highest BCUT2D eigenvalue weighted by Gasteiger charge is 2.21. The highest BCUT2D eigenvalue weighted by Crippen LogP contribution is 2.30. The van der Waals surface area contributed by atoms with Crippen LogP contribution in [0.2, 0.25) is 0 Å². The van der Waals surface area contributed by atoms with Crippen LogP contribution in [-0.4, -0.2) is 21.1 Å². The SMILES string of the molecule is CCNC(c1cccc(Br)c1F)c1cnn2ccncc12. The van der Waals surface area contributed by atoms with Gasteiger partial charge in [0.25, 0.3) is 0 Å². The molecule has 1 unspecified atom stereocenters. The maximum atomic E-state index is 14.4. The van der Waals surface area contributed by atoms with Gasteiger partial charge in [-0.3, -0.25) is 4.98 Å². The van der Waals surface area contributed by atoms with Crippen LogP contribution in [0.25, 0.3) is 5.52 Å². The second-order valence-corrected chi connectivity index (χ2v) is 5.49. The van der Waals surface area contributed by atoms with E-state index in [1.807, 2.05) is 13.0 Å². The molecule has 0 bridgehead atoms. The summed E-state index contributed by atoms with van der Waals surface area (Å²) in [4.78, 5) is 4.13. The zero-order valence-corrected chi connectivity index (χ0v) is 13.0. The monoisotopic (exact) mass is 348 g/mol. The van der Waals surface area contributed by atoms with Gasteiger partial charge in [-0.25, -0.2) is 8.91 Å². The summed E-state index contributed by atoms with van der Waals surface area (Å²) in [6.07, 6.45) is 6.94. The fourth-order valence-electron chi connectivity index (χ4n) is 2.41. The number of fused-ring (bicyclic) bond motifs is 1. The van der Waals surface area contributed by atoms with Crippen molar-refractivity contribution >= 4 is 21.4 Å². The Kier molecular flexibility index (Phi) is 3.98. The van der Waals surface area contributed by atoms with Gasteiger partial charge in [0.2, 0.25) is 0 Å². The molecule has 2 aromatic heterocycles. The molecule has 1 atom stereocenters. The van der Waals surface area contributed by atoms with E-state index in [0.717, 1.165) is 11.1 Å². The average Bonchev–Trinajstić information content (AvgIpc) is 2.92. The first kappa shape index (κ1) is 14.2. The summed E-state index contributed by atoms with van der Waals surface area (Å²) in [5, 5.41) is 7.62. The van der Waals surface area contributed by atoms with E-state index in [9.17, 15) is 4.39 Å². The normalized spacial score (nSPS) is 12.7. The highest BCUT2D eigenvalue weighted by molar-refractivity contribution is 9.10. The number of hydrogen-bond donors (Lipinski definition) is 1. The van der Waals surface area contributed by atoms with Crippen molar-refractivity contribution < 1.29 is 4.39 Å². The van der Waals surface area contributed by atoms with Gasteiger partial charge in [0.15, 0.2) is 0 Å². The van der Waals surface area contributed by atoms with E-state index < -0.39 is 0 Å². The lowest BCUT2D eigenvalue weighted by Crippen LogP contribution is -2.23. The fourth-order valence-corrected chi connectivity index (χ4v) is 2.79. The van der Waals surface area contributed by atoms with Gasteiger partial charge in [0.05, 0.1) is 28.4 Å². The van der Waals surface area contributed by atoms with Crippen molar-refractivity contribution in [2.45, 2.75) is 13.0 Å². The predicted molar refractivity (Wildman–Crippen MR) is 82.6 cm³/mol. The molecule has 1 N–H and O–H groups in total. The lowest BCUT2D eigenvalue weighted by Gasteiger charge is -2.18. The van der Waals surface area contributed by atoms with Gasteiger partial charge in [0.1, 0.15) is 5.82 Å². The van der Waals surface area contributed by atoms with E-state index >= 15 is 0 Å². The first-order valence-electron chi connectivity index (χ1n) is 6.67. The molecule has 0 spiro atoms. The number of nitrogens with zero attached hydrogens (tertiary/aromatic N) is 3. The zero-order chi connectivity index (χ0) is 14.8. The van der Waals surface area contributed by atoms with Crippen molar-refractivity contribution in [2.75, 3.05) is 6.54 Å². The van der Waals surface area contributed by atoms with Gasteiger partial charge in [-0.1, -0.05) is 19.1 Å². The maximum Gasteiger partial charge on any atom is 0.142 e. The molecular weight excluding hydrogens is 335 g/mol. The quantitative estimate of drug-likeness (QED) is 0.786. The molecule has 0 aliphatic rings. The topological polar surface area (TPSA) is 42.2 Å². The van der Waals surface area contributed by atoms with Crippen LogP contribution in [0, 0.1) is 5.82 Å². The van der Waals surface area contributed by atoms with Crippen LogP contribution < -0.4 is 5.32 Å². The summed E-state index contributed by atoms with van der Waals surface area (Å²) in [6, 6.07) is 5.04. The summed E-state index contributed by atoms with van der Waals surface area (Å²) in [5.74, 6) is -0.258. The minimum Gasteiger partial charge on any atom is -0.306 e. The summed E-state index contributed by atoms with van der Waals surface area (Å²) in [5.41, 5.74) is 2.36. The lowest BCUT2D eigenvalue weighted by molar-refractivity contribution is 0.556. The third kappa shape index (κ3) is 2.56. The Morgan fingerprint density at radius 1 is 1.33 bits per heavy atom. The second kappa shape index (κ2) is 5.91. The summed E-state index contributed by atoms with van der Waals surface area (Å²) in [7, 11) is 0. The van der Waals surface area contributed by atoms with Crippen LogP contribution in [0.15, 0.2) is 47.5 Å². The molecule has 0 aliphatic carbocycles. The van der Waals surface area contributed by atoms with E-state index in [-0.39, 0.29) is 11.9 Å². The number of hydrogen-bond acceptors (Lipinski definition) is 3. The predicted octanol–water partition coefficient (Wildman–Crippen LogP) is 3.33. The van der Waals surface area contributed by atoms with E-state index in [2.05, 4.69) is 31.3 Å². The molecule has 4 nitrogen and oxygen atoms in total. The summed E-state index contributed by atoms with van der Waals surface area (Å²) >= 11 is 3.24. The minimum atomic E-state index is -0.269. The largest absolute Gasteiger partial charge is 0.306 e. The van der Waals surface area contributed by atoms with E-state index in [4.69, 9.17) is 0 Å². The number of aromatic nitrogens is 3. The van der Waals surface area contributed by atoms with Crippen molar-refractivity contribution in [2.24, 2.45) is 0 Å². The van der Waals surface area contributed by atoms with Crippen molar-refractivity contribution in [3.63, 3.8) is 0 Å². The summed E-state index contributed by atoms with van der Waals surface area (Å²) in [6.45, 7) is 2.71. The van der Waals surface area contributed by atoms with Crippen LogP contribution in [-0.2, 0) is 0 Å². The summed E-state index contributed by atoms with van der Waals surface area (Å²) < 4.78 is 16.6. The Bertz CT molecular complexity index is 771. The first-order chi connectivity index (χ1) is 10.2.